The van der Waals surface area contributed by atoms with Gasteiger partial charge >= 0.3 is 0 Å². The molecule has 31 heavy (non-hydrogen) atoms. The second-order valence-corrected chi connectivity index (χ2v) is 8.62. The maximum absolute atomic E-state index is 9.72. The fourth-order valence-corrected chi connectivity index (χ4v) is 4.70. The number of H-pyrrole nitrogens is 1. The molecule has 5 aromatic rings. The number of aromatic amines is 1. The summed E-state index contributed by atoms with van der Waals surface area (Å²) < 4.78 is 0. The summed E-state index contributed by atoms with van der Waals surface area (Å²) >= 11 is 1.60. The van der Waals surface area contributed by atoms with Gasteiger partial charge < -0.3 is 15.2 Å². The van der Waals surface area contributed by atoms with Crippen molar-refractivity contribution in [1.29, 1.82) is 5.26 Å². The Hall–Kier alpha value is -3.89. The highest BCUT2D eigenvalue weighted by Gasteiger charge is 2.15. The number of aromatic nitrogens is 3. The quantitative estimate of drug-likeness (QED) is 0.379. The second kappa shape index (κ2) is 7.42. The van der Waals surface area contributed by atoms with E-state index in [4.69, 9.17) is 0 Å². The molecule has 0 amide bonds. The van der Waals surface area contributed by atoms with Crippen molar-refractivity contribution >= 4 is 49.6 Å². The van der Waals surface area contributed by atoms with E-state index < -0.39 is 0 Å². The van der Waals surface area contributed by atoms with E-state index in [1.54, 1.807) is 17.5 Å². The summed E-state index contributed by atoms with van der Waals surface area (Å²) in [5.41, 5.74) is 5.53. The molecular weight excluding hydrogens is 404 g/mol. The van der Waals surface area contributed by atoms with Crippen LogP contribution >= 0.6 is 11.3 Å². The van der Waals surface area contributed by atoms with Crippen molar-refractivity contribution in [3.63, 3.8) is 0 Å². The van der Waals surface area contributed by atoms with Gasteiger partial charge in [0.05, 0.1) is 11.3 Å². The molecule has 1 aromatic carbocycles. The second-order valence-electron chi connectivity index (χ2n) is 7.59. The molecule has 0 radical (unpaired) electrons. The van der Waals surface area contributed by atoms with Crippen LogP contribution in [0.15, 0.2) is 55.0 Å². The summed E-state index contributed by atoms with van der Waals surface area (Å²) in [6.45, 7) is 2.08. The first-order valence-corrected chi connectivity index (χ1v) is 10.7. The van der Waals surface area contributed by atoms with Crippen LogP contribution in [-0.2, 0) is 0 Å². The topological polar surface area (TPSA) is 80.6 Å². The zero-order valence-electron chi connectivity index (χ0n) is 17.4. The predicted molar refractivity (Wildman–Crippen MR) is 128 cm³/mol. The molecule has 0 saturated carbocycles. The van der Waals surface area contributed by atoms with Gasteiger partial charge in [0, 0.05) is 65.1 Å². The Morgan fingerprint density at radius 3 is 2.68 bits per heavy atom. The van der Waals surface area contributed by atoms with Gasteiger partial charge in [0.25, 0.3) is 0 Å². The molecular formula is C24H20N6S. The van der Waals surface area contributed by atoms with Crippen LogP contribution in [0.4, 0.5) is 17.2 Å². The lowest BCUT2D eigenvalue weighted by Gasteiger charge is -2.12. The number of fused-ring (bicyclic) bond motifs is 2. The first kappa shape index (κ1) is 19.1. The number of nitrogens with one attached hydrogen (secondary N) is 2. The largest absolute Gasteiger partial charge is 0.363 e. The van der Waals surface area contributed by atoms with Gasteiger partial charge in [0.1, 0.15) is 16.7 Å². The predicted octanol–water partition coefficient (Wildman–Crippen LogP) is 5.83. The van der Waals surface area contributed by atoms with Crippen molar-refractivity contribution in [2.45, 2.75) is 6.92 Å². The van der Waals surface area contributed by atoms with E-state index in [0.29, 0.717) is 5.56 Å². The highest BCUT2D eigenvalue weighted by atomic mass is 32.1. The van der Waals surface area contributed by atoms with Gasteiger partial charge in [-0.2, -0.15) is 5.26 Å². The average molecular weight is 425 g/mol. The summed E-state index contributed by atoms with van der Waals surface area (Å²) in [4.78, 5) is 16.2. The third-order valence-electron chi connectivity index (χ3n) is 5.44. The molecule has 0 aliphatic heterocycles. The van der Waals surface area contributed by atoms with Gasteiger partial charge in [-0.05, 0) is 48.9 Å². The Morgan fingerprint density at radius 2 is 1.94 bits per heavy atom. The first-order chi connectivity index (χ1) is 15.0. The molecule has 4 aromatic heterocycles. The van der Waals surface area contributed by atoms with E-state index in [1.807, 2.05) is 49.6 Å². The fraction of sp³-hybridized carbons (Fsp3) is 0.125. The van der Waals surface area contributed by atoms with Crippen molar-refractivity contribution in [2.75, 3.05) is 24.3 Å². The Morgan fingerprint density at radius 1 is 1.06 bits per heavy atom. The summed E-state index contributed by atoms with van der Waals surface area (Å²) in [6, 6.07) is 14.6. The lowest BCUT2D eigenvalue weighted by Crippen LogP contribution is -2.09. The van der Waals surface area contributed by atoms with Crippen LogP contribution < -0.4 is 10.2 Å². The lowest BCUT2D eigenvalue weighted by molar-refractivity contribution is 1.07. The molecule has 6 nitrogen and oxygen atoms in total. The van der Waals surface area contributed by atoms with Crippen LogP contribution in [0.3, 0.4) is 0 Å². The van der Waals surface area contributed by atoms with E-state index in [2.05, 4.69) is 51.5 Å². The van der Waals surface area contributed by atoms with Crippen molar-refractivity contribution in [3.8, 4) is 16.5 Å². The van der Waals surface area contributed by atoms with Gasteiger partial charge in [-0.15, -0.1) is 11.3 Å². The Labute approximate surface area is 183 Å². The summed E-state index contributed by atoms with van der Waals surface area (Å²) in [7, 11) is 3.94. The number of pyridine rings is 2. The van der Waals surface area contributed by atoms with Crippen molar-refractivity contribution in [3.05, 3.63) is 66.1 Å². The van der Waals surface area contributed by atoms with Gasteiger partial charge in [-0.25, -0.2) is 9.97 Å². The van der Waals surface area contributed by atoms with Gasteiger partial charge in [-0.1, -0.05) is 0 Å². The lowest BCUT2D eigenvalue weighted by atomic mass is 10.1. The standard InChI is InChI=1S/C24H20N6S/c1-14-17-8-9-26-20(17)6-5-19(14)29-23-16(11-25)13-28-24-18(23)10-21(31-24)15-4-7-22(27-12-15)30(2)3/h4-10,12-13,26H,1-3H3,(H,28,29). The molecule has 0 fully saturated rings. The highest BCUT2D eigenvalue weighted by molar-refractivity contribution is 7.21. The molecule has 2 N–H and O–H groups in total. The van der Waals surface area contributed by atoms with Crippen LogP contribution in [0.1, 0.15) is 11.1 Å². The average Bonchev–Trinajstić information content (AvgIpc) is 3.43. The number of nitriles is 1. The van der Waals surface area contributed by atoms with E-state index in [-0.39, 0.29) is 0 Å². The van der Waals surface area contributed by atoms with Crippen LogP contribution in [0.2, 0.25) is 0 Å². The van der Waals surface area contributed by atoms with Crippen LogP contribution in [-0.4, -0.2) is 29.0 Å². The molecule has 4 heterocycles. The minimum absolute atomic E-state index is 0.520. The van der Waals surface area contributed by atoms with Crippen LogP contribution in [0.25, 0.3) is 31.6 Å². The monoisotopic (exact) mass is 424 g/mol. The number of thiophene rings is 1. The summed E-state index contributed by atoms with van der Waals surface area (Å²) in [5.74, 6) is 0.910. The molecule has 0 saturated heterocycles. The van der Waals surface area contributed by atoms with Crippen LogP contribution in [0, 0.1) is 18.3 Å². The minimum Gasteiger partial charge on any atom is -0.363 e. The number of anilines is 3. The third kappa shape index (κ3) is 3.27. The van der Waals surface area contributed by atoms with Crippen molar-refractivity contribution in [2.24, 2.45) is 0 Å². The third-order valence-corrected chi connectivity index (χ3v) is 6.53. The molecule has 5 rings (SSSR count). The van der Waals surface area contributed by atoms with E-state index >= 15 is 0 Å². The smallest absolute Gasteiger partial charge is 0.127 e. The van der Waals surface area contributed by atoms with Crippen LogP contribution in [0.5, 0.6) is 0 Å². The zero-order chi connectivity index (χ0) is 21.5. The van der Waals surface area contributed by atoms with E-state index in [1.165, 1.54) is 0 Å². The number of benzene rings is 1. The molecule has 152 valence electrons. The molecule has 0 spiro atoms. The van der Waals surface area contributed by atoms with Gasteiger partial charge in [0.2, 0.25) is 0 Å². The normalized spacial score (nSPS) is 11.0. The van der Waals surface area contributed by atoms with Gasteiger partial charge in [0.15, 0.2) is 0 Å². The van der Waals surface area contributed by atoms with Crippen molar-refractivity contribution in [1.82, 2.24) is 15.0 Å². The number of nitrogens with zero attached hydrogens (tertiary/aromatic N) is 4. The van der Waals surface area contributed by atoms with E-state index in [0.717, 1.165) is 54.3 Å². The fourth-order valence-electron chi connectivity index (χ4n) is 3.70. The van der Waals surface area contributed by atoms with Crippen molar-refractivity contribution < 1.29 is 0 Å². The molecule has 0 atom stereocenters. The molecule has 0 unspecified atom stereocenters. The summed E-state index contributed by atoms with van der Waals surface area (Å²) in [6.07, 6.45) is 5.46. The number of rotatable bonds is 4. The van der Waals surface area contributed by atoms with E-state index in [9.17, 15) is 5.26 Å². The Balaban J connectivity index is 1.61. The highest BCUT2D eigenvalue weighted by Crippen LogP contribution is 2.39. The molecule has 0 bridgehead atoms. The molecule has 0 aliphatic carbocycles. The maximum Gasteiger partial charge on any atom is 0.127 e. The Bertz CT molecular complexity index is 1450. The SMILES string of the molecule is Cc1c(Nc2c(C#N)cnc3sc(-c4ccc(N(C)C)nc4)cc23)ccc2[nH]ccc12. The summed E-state index contributed by atoms with van der Waals surface area (Å²) in [5, 5.41) is 15.3. The maximum atomic E-state index is 9.72. The Kier molecular flexibility index (Phi) is 4.57. The number of hydrogen-bond acceptors (Lipinski definition) is 6. The zero-order valence-corrected chi connectivity index (χ0v) is 18.2. The molecule has 0 aliphatic rings. The number of hydrogen-bond donors (Lipinski definition) is 2. The first-order valence-electron chi connectivity index (χ1n) is 9.85. The molecule has 7 heteroatoms. The van der Waals surface area contributed by atoms with Gasteiger partial charge in [-0.3, -0.25) is 0 Å². The minimum atomic E-state index is 0.520. The number of aryl methyl sites for hydroxylation is 1.